The van der Waals surface area contributed by atoms with Crippen LogP contribution >= 0.6 is 0 Å². The van der Waals surface area contributed by atoms with E-state index >= 15 is 0 Å². The molecule has 3 nitrogen and oxygen atoms in total. The molecule has 1 unspecified atom stereocenters. The van der Waals surface area contributed by atoms with Gasteiger partial charge in [-0.05, 0) is 26.7 Å². The molecule has 0 aliphatic heterocycles. The Morgan fingerprint density at radius 1 is 1.64 bits per heavy atom. The highest BCUT2D eigenvalue weighted by Crippen LogP contribution is 2.11. The van der Waals surface area contributed by atoms with Crippen LogP contribution in [0.3, 0.4) is 0 Å². The first kappa shape index (κ1) is 10.2. The minimum atomic E-state index is -1.58. The van der Waals surface area contributed by atoms with Crippen LogP contribution in [-0.2, 0) is 4.79 Å². The molecule has 0 rings (SSSR count). The van der Waals surface area contributed by atoms with E-state index in [0.29, 0.717) is 6.42 Å². The molecular formula is C8H14O3. The average molecular weight is 158 g/mol. The van der Waals surface area contributed by atoms with Crippen LogP contribution in [-0.4, -0.2) is 21.8 Å². The normalized spacial score (nSPS) is 16.6. The molecule has 0 heterocycles. The minimum absolute atomic E-state index is 0.257. The molecule has 0 saturated heterocycles. The average Bonchev–Trinajstić information content (AvgIpc) is 1.88. The van der Waals surface area contributed by atoms with Gasteiger partial charge in [0, 0.05) is 0 Å². The third-order valence-corrected chi connectivity index (χ3v) is 1.49. The number of hydrogen-bond donors (Lipinski definition) is 2. The van der Waals surface area contributed by atoms with Crippen LogP contribution in [0.2, 0.25) is 0 Å². The molecule has 0 aromatic heterocycles. The van der Waals surface area contributed by atoms with Crippen LogP contribution < -0.4 is 0 Å². The largest absolute Gasteiger partial charge is 0.479 e. The summed E-state index contributed by atoms with van der Waals surface area (Å²) in [6.07, 6.45) is 4.51. The van der Waals surface area contributed by atoms with E-state index in [4.69, 9.17) is 5.11 Å². The van der Waals surface area contributed by atoms with E-state index in [-0.39, 0.29) is 6.42 Å². The molecule has 0 fully saturated rings. The van der Waals surface area contributed by atoms with Crippen LogP contribution in [0.15, 0.2) is 12.2 Å². The first-order chi connectivity index (χ1) is 5.00. The first-order valence-corrected chi connectivity index (χ1v) is 3.57. The Balaban J connectivity index is 3.82. The Kier molecular flexibility index (Phi) is 3.82. The van der Waals surface area contributed by atoms with E-state index < -0.39 is 11.6 Å². The third-order valence-electron chi connectivity index (χ3n) is 1.49. The summed E-state index contributed by atoms with van der Waals surface area (Å²) in [7, 11) is 0. The van der Waals surface area contributed by atoms with Gasteiger partial charge < -0.3 is 10.2 Å². The fourth-order valence-corrected chi connectivity index (χ4v) is 0.638. The molecule has 0 spiro atoms. The molecule has 0 aromatic rings. The highest BCUT2D eigenvalue weighted by Gasteiger charge is 2.28. The van der Waals surface area contributed by atoms with Crippen molar-refractivity contribution in [2.24, 2.45) is 0 Å². The van der Waals surface area contributed by atoms with Crippen molar-refractivity contribution < 1.29 is 15.0 Å². The summed E-state index contributed by atoms with van der Waals surface area (Å²) >= 11 is 0. The SMILES string of the molecule is CC=CCCC(C)(O)C(=O)O. The number of aliphatic hydroxyl groups is 1. The second kappa shape index (κ2) is 4.13. The van der Waals surface area contributed by atoms with Gasteiger partial charge in [-0.25, -0.2) is 4.79 Å². The standard InChI is InChI=1S/C8H14O3/c1-3-4-5-6-8(2,11)7(9)10/h3-4,11H,5-6H2,1-2H3,(H,9,10). The molecule has 0 radical (unpaired) electrons. The molecule has 0 aromatic carbocycles. The van der Waals surface area contributed by atoms with Crippen molar-refractivity contribution in [1.29, 1.82) is 0 Å². The zero-order valence-corrected chi connectivity index (χ0v) is 6.87. The molecule has 0 aliphatic rings. The fraction of sp³-hybridized carbons (Fsp3) is 0.625. The highest BCUT2D eigenvalue weighted by atomic mass is 16.4. The van der Waals surface area contributed by atoms with Gasteiger partial charge in [-0.15, -0.1) is 0 Å². The quantitative estimate of drug-likeness (QED) is 0.604. The van der Waals surface area contributed by atoms with E-state index in [0.717, 1.165) is 0 Å². The minimum Gasteiger partial charge on any atom is -0.479 e. The molecule has 0 saturated carbocycles. The topological polar surface area (TPSA) is 57.5 Å². The fourth-order valence-electron chi connectivity index (χ4n) is 0.638. The molecule has 0 aliphatic carbocycles. The molecule has 0 amide bonds. The van der Waals surface area contributed by atoms with Gasteiger partial charge in [0.25, 0.3) is 0 Å². The van der Waals surface area contributed by atoms with Gasteiger partial charge in [0.1, 0.15) is 0 Å². The van der Waals surface area contributed by atoms with Crippen molar-refractivity contribution in [3.63, 3.8) is 0 Å². The number of carbonyl (C=O) groups is 1. The number of aliphatic carboxylic acids is 1. The van der Waals surface area contributed by atoms with E-state index in [1.54, 1.807) is 0 Å². The Morgan fingerprint density at radius 2 is 2.18 bits per heavy atom. The number of rotatable bonds is 4. The summed E-state index contributed by atoms with van der Waals surface area (Å²) in [5.41, 5.74) is -1.58. The highest BCUT2D eigenvalue weighted by molar-refractivity contribution is 5.76. The van der Waals surface area contributed by atoms with Crippen molar-refractivity contribution in [2.75, 3.05) is 0 Å². The second-order valence-electron chi connectivity index (χ2n) is 2.69. The molecular weight excluding hydrogens is 144 g/mol. The predicted octanol–water partition coefficient (Wildman–Crippen LogP) is 1.18. The zero-order chi connectivity index (χ0) is 8.91. The molecule has 0 bridgehead atoms. The Labute approximate surface area is 66.4 Å². The summed E-state index contributed by atoms with van der Waals surface area (Å²) in [6, 6.07) is 0. The number of carboxylic acid groups (broad SMARTS) is 1. The van der Waals surface area contributed by atoms with Gasteiger partial charge in [0.15, 0.2) is 5.60 Å². The monoisotopic (exact) mass is 158 g/mol. The van der Waals surface area contributed by atoms with E-state index in [2.05, 4.69) is 0 Å². The lowest BCUT2D eigenvalue weighted by Crippen LogP contribution is -2.34. The number of allylic oxidation sites excluding steroid dienone is 2. The summed E-state index contributed by atoms with van der Waals surface area (Å²) in [5, 5.41) is 17.7. The maximum absolute atomic E-state index is 10.3. The molecule has 1 atom stereocenters. The van der Waals surface area contributed by atoms with Crippen molar-refractivity contribution in [2.45, 2.75) is 32.3 Å². The molecule has 64 valence electrons. The van der Waals surface area contributed by atoms with E-state index in [9.17, 15) is 9.90 Å². The summed E-state index contributed by atoms with van der Waals surface area (Å²) in [4.78, 5) is 10.3. The second-order valence-corrected chi connectivity index (χ2v) is 2.69. The summed E-state index contributed by atoms with van der Waals surface area (Å²) < 4.78 is 0. The number of carboxylic acids is 1. The van der Waals surface area contributed by atoms with Gasteiger partial charge in [-0.2, -0.15) is 0 Å². The van der Waals surface area contributed by atoms with Gasteiger partial charge in [-0.3, -0.25) is 0 Å². The summed E-state index contributed by atoms with van der Waals surface area (Å²) in [6.45, 7) is 3.16. The lowest BCUT2D eigenvalue weighted by Gasteiger charge is -2.15. The van der Waals surface area contributed by atoms with Gasteiger partial charge in [0.05, 0.1) is 0 Å². The number of hydrogen-bond acceptors (Lipinski definition) is 2. The van der Waals surface area contributed by atoms with Gasteiger partial charge >= 0.3 is 5.97 Å². The van der Waals surface area contributed by atoms with Gasteiger partial charge in [0.2, 0.25) is 0 Å². The van der Waals surface area contributed by atoms with Crippen LogP contribution in [0, 0.1) is 0 Å². The molecule has 3 heteroatoms. The van der Waals surface area contributed by atoms with E-state index in [1.165, 1.54) is 6.92 Å². The van der Waals surface area contributed by atoms with Crippen molar-refractivity contribution >= 4 is 5.97 Å². The van der Waals surface area contributed by atoms with Crippen LogP contribution in [0.4, 0.5) is 0 Å². The maximum atomic E-state index is 10.3. The van der Waals surface area contributed by atoms with Crippen LogP contribution in [0.5, 0.6) is 0 Å². The smallest absolute Gasteiger partial charge is 0.335 e. The lowest BCUT2D eigenvalue weighted by atomic mass is 10.0. The zero-order valence-electron chi connectivity index (χ0n) is 6.87. The van der Waals surface area contributed by atoms with Crippen LogP contribution in [0.1, 0.15) is 26.7 Å². The first-order valence-electron chi connectivity index (χ1n) is 3.57. The Hall–Kier alpha value is -0.830. The summed E-state index contributed by atoms with van der Waals surface area (Å²) in [5.74, 6) is -1.16. The van der Waals surface area contributed by atoms with Crippen molar-refractivity contribution in [3.05, 3.63) is 12.2 Å². The van der Waals surface area contributed by atoms with Crippen molar-refractivity contribution in [1.82, 2.24) is 0 Å². The molecule has 11 heavy (non-hydrogen) atoms. The predicted molar refractivity (Wildman–Crippen MR) is 42.3 cm³/mol. The van der Waals surface area contributed by atoms with Crippen LogP contribution in [0.25, 0.3) is 0 Å². The Bertz CT molecular complexity index is 159. The third kappa shape index (κ3) is 3.78. The molecule has 2 N–H and O–H groups in total. The van der Waals surface area contributed by atoms with E-state index in [1.807, 2.05) is 19.1 Å². The van der Waals surface area contributed by atoms with Gasteiger partial charge in [-0.1, -0.05) is 12.2 Å². The maximum Gasteiger partial charge on any atom is 0.335 e. The Morgan fingerprint density at radius 3 is 2.55 bits per heavy atom. The lowest BCUT2D eigenvalue weighted by molar-refractivity contribution is -0.157. The van der Waals surface area contributed by atoms with Crippen molar-refractivity contribution in [3.8, 4) is 0 Å².